The molecule has 0 spiro atoms. The van der Waals surface area contributed by atoms with Crippen LogP contribution in [-0.2, 0) is 16.4 Å². The zero-order valence-corrected chi connectivity index (χ0v) is 15.3. The van der Waals surface area contributed by atoms with Crippen LogP contribution >= 0.6 is 0 Å². The second-order valence-corrected chi connectivity index (χ2v) is 8.76. The number of amides is 1. The summed E-state index contributed by atoms with van der Waals surface area (Å²) < 4.78 is 27.4. The molecule has 2 aromatic carbocycles. The van der Waals surface area contributed by atoms with Gasteiger partial charge in [-0.25, -0.2) is 8.42 Å². The predicted octanol–water partition coefficient (Wildman–Crippen LogP) is 3.11. The highest BCUT2D eigenvalue weighted by Gasteiger charge is 2.33. The molecule has 1 aliphatic carbocycles. The van der Waals surface area contributed by atoms with E-state index in [1.165, 1.54) is 4.31 Å². The van der Waals surface area contributed by atoms with Crippen molar-refractivity contribution >= 4 is 21.6 Å². The fraction of sp³-hybridized carbons (Fsp3) is 0.350. The molecule has 1 aliphatic heterocycles. The Labute approximate surface area is 154 Å². The van der Waals surface area contributed by atoms with E-state index in [4.69, 9.17) is 0 Å². The van der Waals surface area contributed by atoms with Crippen LogP contribution in [0, 0.1) is 0 Å². The summed E-state index contributed by atoms with van der Waals surface area (Å²) in [5.41, 5.74) is 2.04. The Balaban J connectivity index is 1.65. The number of hydrogen-bond acceptors (Lipinski definition) is 3. The van der Waals surface area contributed by atoms with Gasteiger partial charge in [0, 0.05) is 18.2 Å². The largest absolute Gasteiger partial charge is 0.349 e. The molecule has 1 amide bonds. The smallest absolute Gasteiger partial charge is 0.264 e. The fourth-order valence-corrected chi connectivity index (χ4v) is 5.44. The summed E-state index contributed by atoms with van der Waals surface area (Å²) in [6, 6.07) is 14.0. The molecule has 1 N–H and O–H groups in total. The van der Waals surface area contributed by atoms with Gasteiger partial charge < -0.3 is 5.32 Å². The van der Waals surface area contributed by atoms with Gasteiger partial charge in [-0.2, -0.15) is 0 Å². The Morgan fingerprint density at radius 2 is 1.73 bits per heavy atom. The van der Waals surface area contributed by atoms with Crippen molar-refractivity contribution in [2.24, 2.45) is 0 Å². The molecule has 6 heteroatoms. The van der Waals surface area contributed by atoms with Crippen LogP contribution in [0.3, 0.4) is 0 Å². The van der Waals surface area contributed by atoms with Gasteiger partial charge in [0.15, 0.2) is 0 Å². The lowest BCUT2D eigenvalue weighted by atomic mass is 10.0. The van der Waals surface area contributed by atoms with Crippen LogP contribution in [0.4, 0.5) is 5.69 Å². The minimum Gasteiger partial charge on any atom is -0.349 e. The molecule has 136 valence electrons. The predicted molar refractivity (Wildman–Crippen MR) is 101 cm³/mol. The second kappa shape index (κ2) is 6.76. The summed E-state index contributed by atoms with van der Waals surface area (Å²) in [6.07, 6.45) is 4.90. The van der Waals surface area contributed by atoms with Crippen LogP contribution in [0.2, 0.25) is 0 Å². The number of nitrogens with one attached hydrogen (secondary N) is 1. The van der Waals surface area contributed by atoms with E-state index in [-0.39, 0.29) is 16.8 Å². The maximum atomic E-state index is 13.0. The number of benzene rings is 2. The Kier molecular flexibility index (Phi) is 4.44. The molecule has 1 fully saturated rings. The number of carbonyl (C=O) groups excluding carboxylic acids is 1. The average Bonchev–Trinajstić information content (AvgIpc) is 3.31. The topological polar surface area (TPSA) is 66.5 Å². The first-order chi connectivity index (χ1) is 12.6. The molecule has 0 bridgehead atoms. The minimum absolute atomic E-state index is 0.0901. The molecule has 5 nitrogen and oxygen atoms in total. The number of carbonyl (C=O) groups is 1. The molecular formula is C20H22N2O3S. The first-order valence-corrected chi connectivity index (χ1v) is 10.5. The van der Waals surface area contributed by atoms with Gasteiger partial charge in [0.1, 0.15) is 0 Å². The number of hydrogen-bond donors (Lipinski definition) is 1. The molecule has 1 saturated carbocycles. The first-order valence-electron chi connectivity index (χ1n) is 9.08. The lowest BCUT2D eigenvalue weighted by molar-refractivity contribution is 0.0937. The third-order valence-electron chi connectivity index (χ3n) is 5.25. The van der Waals surface area contributed by atoms with Crippen LogP contribution in [0.15, 0.2) is 53.4 Å². The summed E-state index contributed by atoms with van der Waals surface area (Å²) >= 11 is 0. The van der Waals surface area contributed by atoms with E-state index < -0.39 is 10.0 Å². The van der Waals surface area contributed by atoms with Gasteiger partial charge in [-0.1, -0.05) is 37.1 Å². The second-order valence-electron chi connectivity index (χ2n) is 6.90. The lowest BCUT2D eigenvalue weighted by Crippen LogP contribution is -2.33. The highest BCUT2D eigenvalue weighted by Crippen LogP contribution is 2.35. The first kappa shape index (κ1) is 17.1. The van der Waals surface area contributed by atoms with E-state index in [1.807, 2.05) is 0 Å². The summed E-state index contributed by atoms with van der Waals surface area (Å²) in [4.78, 5) is 13.0. The third kappa shape index (κ3) is 2.98. The van der Waals surface area contributed by atoms with Gasteiger partial charge >= 0.3 is 0 Å². The fourth-order valence-electron chi connectivity index (χ4n) is 3.92. The SMILES string of the molecule is O=C(NC1CCCC1)c1cccc2c1CCN2S(=O)(=O)c1ccccc1. The molecule has 0 radical (unpaired) electrons. The Hall–Kier alpha value is -2.34. The van der Waals surface area contributed by atoms with E-state index in [0.29, 0.717) is 24.2 Å². The van der Waals surface area contributed by atoms with Crippen molar-refractivity contribution in [3.05, 3.63) is 59.7 Å². The zero-order valence-electron chi connectivity index (χ0n) is 14.5. The number of fused-ring (bicyclic) bond motifs is 1. The van der Waals surface area contributed by atoms with E-state index in [1.54, 1.807) is 48.5 Å². The number of nitrogens with zero attached hydrogens (tertiary/aromatic N) is 1. The Morgan fingerprint density at radius 1 is 1.00 bits per heavy atom. The monoisotopic (exact) mass is 370 g/mol. The molecule has 0 atom stereocenters. The van der Waals surface area contributed by atoms with E-state index in [9.17, 15) is 13.2 Å². The normalized spacial score (nSPS) is 17.3. The van der Waals surface area contributed by atoms with Crippen LogP contribution < -0.4 is 9.62 Å². The van der Waals surface area contributed by atoms with Gasteiger partial charge in [0.25, 0.3) is 15.9 Å². The molecule has 26 heavy (non-hydrogen) atoms. The van der Waals surface area contributed by atoms with Gasteiger partial charge in [-0.3, -0.25) is 9.10 Å². The molecule has 1 heterocycles. The molecule has 2 aliphatic rings. The Morgan fingerprint density at radius 3 is 2.46 bits per heavy atom. The number of anilines is 1. The van der Waals surface area contributed by atoms with Crippen molar-refractivity contribution in [1.29, 1.82) is 0 Å². The van der Waals surface area contributed by atoms with Crippen LogP contribution in [0.1, 0.15) is 41.6 Å². The summed E-state index contributed by atoms with van der Waals surface area (Å²) in [5.74, 6) is -0.0901. The van der Waals surface area contributed by atoms with Crippen molar-refractivity contribution in [2.75, 3.05) is 10.8 Å². The van der Waals surface area contributed by atoms with Gasteiger partial charge in [-0.15, -0.1) is 0 Å². The van der Waals surface area contributed by atoms with Crippen LogP contribution in [-0.4, -0.2) is 26.9 Å². The molecule has 2 aromatic rings. The molecule has 0 unspecified atom stereocenters. The van der Waals surface area contributed by atoms with Crippen molar-refractivity contribution in [3.8, 4) is 0 Å². The maximum absolute atomic E-state index is 13.0. The van der Waals surface area contributed by atoms with Crippen molar-refractivity contribution in [3.63, 3.8) is 0 Å². The maximum Gasteiger partial charge on any atom is 0.264 e. The molecule has 0 aromatic heterocycles. The van der Waals surface area contributed by atoms with E-state index in [2.05, 4.69) is 5.32 Å². The van der Waals surface area contributed by atoms with Gasteiger partial charge in [0.2, 0.25) is 0 Å². The van der Waals surface area contributed by atoms with E-state index in [0.717, 1.165) is 31.2 Å². The van der Waals surface area contributed by atoms with E-state index >= 15 is 0 Å². The van der Waals surface area contributed by atoms with Crippen molar-refractivity contribution in [2.45, 2.75) is 43.0 Å². The van der Waals surface area contributed by atoms with Crippen molar-refractivity contribution < 1.29 is 13.2 Å². The molecular weight excluding hydrogens is 348 g/mol. The lowest BCUT2D eigenvalue weighted by Gasteiger charge is -2.20. The van der Waals surface area contributed by atoms with Gasteiger partial charge in [-0.05, 0) is 49.1 Å². The number of sulfonamides is 1. The Bertz CT molecular complexity index is 919. The average molecular weight is 370 g/mol. The quantitative estimate of drug-likeness (QED) is 0.899. The molecule has 4 rings (SSSR count). The van der Waals surface area contributed by atoms with Gasteiger partial charge in [0.05, 0.1) is 10.6 Å². The number of rotatable bonds is 4. The van der Waals surface area contributed by atoms with Crippen molar-refractivity contribution in [1.82, 2.24) is 5.32 Å². The summed E-state index contributed by atoms with van der Waals surface area (Å²) in [6.45, 7) is 0.361. The standard InChI is InChI=1S/C20H22N2O3S/c23-20(21-15-7-4-5-8-15)18-11-6-12-19-17(18)13-14-22(19)26(24,25)16-9-2-1-3-10-16/h1-3,6,9-12,15H,4-5,7-8,13-14H2,(H,21,23). The minimum atomic E-state index is -3.62. The summed E-state index contributed by atoms with van der Waals surface area (Å²) in [7, 11) is -3.62. The van der Waals surface area contributed by atoms with Crippen LogP contribution in [0.5, 0.6) is 0 Å². The van der Waals surface area contributed by atoms with Crippen LogP contribution in [0.25, 0.3) is 0 Å². The molecule has 0 saturated heterocycles. The third-order valence-corrected chi connectivity index (χ3v) is 7.08. The highest BCUT2D eigenvalue weighted by molar-refractivity contribution is 7.92. The highest BCUT2D eigenvalue weighted by atomic mass is 32.2. The summed E-state index contributed by atoms with van der Waals surface area (Å²) in [5, 5.41) is 3.10. The zero-order chi connectivity index (χ0) is 18.1.